The summed E-state index contributed by atoms with van der Waals surface area (Å²) in [5.74, 6) is 0.285. The number of hydrogen-bond acceptors (Lipinski definition) is 4. The van der Waals surface area contributed by atoms with Gasteiger partial charge in [-0.05, 0) is 47.9 Å². The van der Waals surface area contributed by atoms with Crippen molar-refractivity contribution < 1.29 is 4.79 Å². The summed E-state index contributed by atoms with van der Waals surface area (Å²) in [6.45, 7) is 2.62. The molecule has 3 aromatic rings. The minimum absolute atomic E-state index is 0.257. The van der Waals surface area contributed by atoms with Gasteiger partial charge in [-0.2, -0.15) is 0 Å². The molecule has 0 bridgehead atoms. The van der Waals surface area contributed by atoms with Gasteiger partial charge in [0.05, 0.1) is 0 Å². The number of rotatable bonds is 6. The Morgan fingerprint density at radius 1 is 1.00 bits per heavy atom. The van der Waals surface area contributed by atoms with Crippen LogP contribution in [0.15, 0.2) is 60.7 Å². The molecular weight excluding hydrogens is 348 g/mol. The van der Waals surface area contributed by atoms with E-state index in [2.05, 4.69) is 27.8 Å². The number of anilines is 2. The van der Waals surface area contributed by atoms with E-state index in [1.54, 1.807) is 12.1 Å². The number of nitrogens with one attached hydrogen (secondary N) is 2. The smallest absolute Gasteiger partial charge is 0.276 e. The molecule has 0 fully saturated rings. The number of aromatic nitrogens is 2. The Balaban J connectivity index is 1.59. The fourth-order valence-electron chi connectivity index (χ4n) is 2.39. The summed E-state index contributed by atoms with van der Waals surface area (Å²) in [6, 6.07) is 18.7. The summed E-state index contributed by atoms with van der Waals surface area (Å²) in [5.41, 5.74) is 3.17. The van der Waals surface area contributed by atoms with E-state index in [9.17, 15) is 4.79 Å². The summed E-state index contributed by atoms with van der Waals surface area (Å²) >= 11 is 6.12. The number of hydrogen-bond donors (Lipinski definition) is 2. The monoisotopic (exact) mass is 366 g/mol. The molecule has 0 radical (unpaired) electrons. The first kappa shape index (κ1) is 17.9. The molecule has 0 aliphatic rings. The van der Waals surface area contributed by atoms with E-state index in [0.29, 0.717) is 17.4 Å². The Morgan fingerprint density at radius 2 is 1.77 bits per heavy atom. The topological polar surface area (TPSA) is 66.9 Å². The van der Waals surface area contributed by atoms with Crippen molar-refractivity contribution in [1.29, 1.82) is 0 Å². The molecule has 0 saturated heterocycles. The van der Waals surface area contributed by atoms with Crippen LogP contribution in [-0.4, -0.2) is 16.1 Å². The highest BCUT2D eigenvalue weighted by Gasteiger charge is 2.09. The molecule has 0 aliphatic carbocycles. The van der Waals surface area contributed by atoms with Gasteiger partial charge in [-0.25, -0.2) is 0 Å². The Labute approximate surface area is 157 Å². The Morgan fingerprint density at radius 3 is 2.42 bits per heavy atom. The molecule has 2 aromatic carbocycles. The van der Waals surface area contributed by atoms with Gasteiger partial charge >= 0.3 is 0 Å². The second-order valence-corrected chi connectivity index (χ2v) is 6.16. The van der Waals surface area contributed by atoms with Gasteiger partial charge in [0.15, 0.2) is 5.69 Å². The van der Waals surface area contributed by atoms with Crippen molar-refractivity contribution in [3.63, 3.8) is 0 Å². The van der Waals surface area contributed by atoms with Crippen LogP contribution in [0.1, 0.15) is 28.5 Å². The van der Waals surface area contributed by atoms with Crippen molar-refractivity contribution in [2.75, 3.05) is 10.6 Å². The zero-order chi connectivity index (χ0) is 18.4. The lowest BCUT2D eigenvalue weighted by molar-refractivity contribution is 0.102. The zero-order valence-corrected chi connectivity index (χ0v) is 15.1. The number of amides is 1. The number of benzene rings is 2. The fourth-order valence-corrected chi connectivity index (χ4v) is 2.60. The molecule has 1 heterocycles. The molecule has 6 heteroatoms. The molecule has 0 unspecified atom stereocenters. The number of carbonyl (C=O) groups excluding carboxylic acids is 1. The van der Waals surface area contributed by atoms with Crippen LogP contribution >= 0.6 is 11.6 Å². The fraction of sp³-hybridized carbons (Fsp3) is 0.150. The minimum Gasteiger partial charge on any atom is -0.364 e. The molecule has 3 rings (SSSR count). The lowest BCUT2D eigenvalue weighted by Crippen LogP contribution is -2.15. The Kier molecular flexibility index (Phi) is 5.81. The van der Waals surface area contributed by atoms with Crippen LogP contribution in [-0.2, 0) is 13.0 Å². The summed E-state index contributed by atoms with van der Waals surface area (Å²) in [4.78, 5) is 12.3. The molecule has 5 nitrogen and oxygen atoms in total. The molecule has 1 amide bonds. The maximum atomic E-state index is 12.3. The average molecular weight is 367 g/mol. The maximum Gasteiger partial charge on any atom is 0.276 e. The highest BCUT2D eigenvalue weighted by molar-refractivity contribution is 6.31. The number of nitrogens with zero attached hydrogens (tertiary/aromatic N) is 2. The van der Waals surface area contributed by atoms with Crippen molar-refractivity contribution in [1.82, 2.24) is 10.2 Å². The first-order valence-electron chi connectivity index (χ1n) is 8.37. The van der Waals surface area contributed by atoms with Gasteiger partial charge in [-0.3, -0.25) is 4.79 Å². The van der Waals surface area contributed by atoms with Crippen LogP contribution in [0.2, 0.25) is 5.02 Å². The third-order valence-corrected chi connectivity index (χ3v) is 4.30. The second kappa shape index (κ2) is 8.45. The van der Waals surface area contributed by atoms with Crippen LogP contribution in [0.5, 0.6) is 0 Å². The summed E-state index contributed by atoms with van der Waals surface area (Å²) in [5, 5.41) is 14.7. The quantitative estimate of drug-likeness (QED) is 0.671. The third kappa shape index (κ3) is 4.58. The summed E-state index contributed by atoms with van der Waals surface area (Å²) < 4.78 is 0. The van der Waals surface area contributed by atoms with E-state index in [-0.39, 0.29) is 11.6 Å². The predicted octanol–water partition coefficient (Wildman–Crippen LogP) is 4.56. The highest BCUT2D eigenvalue weighted by Crippen LogP contribution is 2.16. The summed E-state index contributed by atoms with van der Waals surface area (Å²) in [6.07, 6.45) is 0.961. The number of halogens is 1. The molecule has 0 spiro atoms. The van der Waals surface area contributed by atoms with Gasteiger partial charge in [0.1, 0.15) is 5.82 Å². The van der Waals surface area contributed by atoms with Crippen molar-refractivity contribution in [2.45, 2.75) is 19.9 Å². The standard InChI is InChI=1S/C20H19ClN4O/c1-2-14-7-9-16(10-8-14)23-20(26)18-11-12-19(25-24-18)22-13-15-5-3-4-6-17(15)21/h3-12H,2,13H2,1H3,(H,22,25)(H,23,26). The average Bonchev–Trinajstić information content (AvgIpc) is 2.68. The predicted molar refractivity (Wildman–Crippen MR) is 105 cm³/mol. The second-order valence-electron chi connectivity index (χ2n) is 5.75. The van der Waals surface area contributed by atoms with E-state index in [0.717, 1.165) is 17.7 Å². The van der Waals surface area contributed by atoms with Gasteiger partial charge in [0.2, 0.25) is 0 Å². The van der Waals surface area contributed by atoms with E-state index >= 15 is 0 Å². The lowest BCUT2D eigenvalue weighted by atomic mass is 10.1. The van der Waals surface area contributed by atoms with Gasteiger partial charge in [0, 0.05) is 17.3 Å². The first-order valence-corrected chi connectivity index (χ1v) is 8.75. The van der Waals surface area contributed by atoms with Gasteiger partial charge in [-0.15, -0.1) is 10.2 Å². The number of aryl methyl sites for hydroxylation is 1. The van der Waals surface area contributed by atoms with Gasteiger partial charge in [-0.1, -0.05) is 48.9 Å². The van der Waals surface area contributed by atoms with Crippen LogP contribution < -0.4 is 10.6 Å². The largest absolute Gasteiger partial charge is 0.364 e. The molecule has 2 N–H and O–H groups in total. The van der Waals surface area contributed by atoms with E-state index in [1.807, 2.05) is 48.5 Å². The summed E-state index contributed by atoms with van der Waals surface area (Å²) in [7, 11) is 0. The molecule has 0 saturated carbocycles. The molecule has 132 valence electrons. The van der Waals surface area contributed by atoms with Crippen molar-refractivity contribution >= 4 is 29.0 Å². The first-order chi connectivity index (χ1) is 12.7. The molecule has 0 aliphatic heterocycles. The maximum absolute atomic E-state index is 12.3. The normalized spacial score (nSPS) is 10.4. The van der Waals surface area contributed by atoms with Gasteiger partial charge in [0.25, 0.3) is 5.91 Å². The van der Waals surface area contributed by atoms with Crippen molar-refractivity contribution in [2.24, 2.45) is 0 Å². The number of carbonyl (C=O) groups is 1. The van der Waals surface area contributed by atoms with E-state index in [1.165, 1.54) is 5.56 Å². The molecular formula is C20H19ClN4O. The van der Waals surface area contributed by atoms with Crippen LogP contribution in [0.4, 0.5) is 11.5 Å². The lowest BCUT2D eigenvalue weighted by Gasteiger charge is -2.08. The zero-order valence-electron chi connectivity index (χ0n) is 14.4. The van der Waals surface area contributed by atoms with Crippen LogP contribution in [0.3, 0.4) is 0 Å². The van der Waals surface area contributed by atoms with Crippen LogP contribution in [0, 0.1) is 0 Å². The SMILES string of the molecule is CCc1ccc(NC(=O)c2ccc(NCc3ccccc3Cl)nn2)cc1. The highest BCUT2D eigenvalue weighted by atomic mass is 35.5. The Bertz CT molecular complexity index is 879. The van der Waals surface area contributed by atoms with Crippen molar-refractivity contribution in [3.8, 4) is 0 Å². The molecule has 26 heavy (non-hydrogen) atoms. The van der Waals surface area contributed by atoms with E-state index < -0.39 is 0 Å². The van der Waals surface area contributed by atoms with Crippen LogP contribution in [0.25, 0.3) is 0 Å². The van der Waals surface area contributed by atoms with E-state index in [4.69, 9.17) is 11.6 Å². The minimum atomic E-state index is -0.292. The molecule has 1 aromatic heterocycles. The van der Waals surface area contributed by atoms with Crippen molar-refractivity contribution in [3.05, 3.63) is 82.5 Å². The molecule has 0 atom stereocenters. The third-order valence-electron chi connectivity index (χ3n) is 3.94. The van der Waals surface area contributed by atoms with Gasteiger partial charge < -0.3 is 10.6 Å². The Hall–Kier alpha value is -2.92.